The molecular weight excluding hydrogens is 270 g/mol. The normalized spacial score (nSPS) is 20.2. The third-order valence-electron chi connectivity index (χ3n) is 3.70. The Kier molecular flexibility index (Phi) is 4.80. The van der Waals surface area contributed by atoms with Crippen molar-refractivity contribution in [3.63, 3.8) is 0 Å². The van der Waals surface area contributed by atoms with E-state index in [1.165, 1.54) is 0 Å². The molecule has 0 spiro atoms. The molecule has 1 aliphatic heterocycles. The number of rotatable bonds is 4. The lowest BCUT2D eigenvalue weighted by Crippen LogP contribution is -2.52. The Morgan fingerprint density at radius 3 is 2.76 bits per heavy atom. The third kappa shape index (κ3) is 4.19. The standard InChI is InChI=1S/C15H21N3O3/c1-18-9-11(4-7-14(18)20)17-15(21)13(16)8-10-2-5-12(19)6-3-10/h2-3,5-6,11,13,19H,4,7-9,16H2,1H3,(H,17,21). The van der Waals surface area contributed by atoms with Crippen LogP contribution in [0.1, 0.15) is 18.4 Å². The van der Waals surface area contributed by atoms with Crippen LogP contribution in [-0.4, -0.2) is 47.5 Å². The molecule has 0 aliphatic carbocycles. The van der Waals surface area contributed by atoms with E-state index in [1.807, 2.05) is 0 Å². The van der Waals surface area contributed by atoms with Crippen LogP contribution in [0, 0.1) is 0 Å². The first kappa shape index (κ1) is 15.3. The molecule has 2 atom stereocenters. The highest BCUT2D eigenvalue weighted by atomic mass is 16.3. The lowest BCUT2D eigenvalue weighted by atomic mass is 10.0. The van der Waals surface area contributed by atoms with E-state index < -0.39 is 6.04 Å². The molecule has 2 rings (SSSR count). The van der Waals surface area contributed by atoms with Gasteiger partial charge in [-0.2, -0.15) is 0 Å². The van der Waals surface area contributed by atoms with Gasteiger partial charge in [0.2, 0.25) is 11.8 Å². The Morgan fingerprint density at radius 1 is 1.48 bits per heavy atom. The number of phenolic OH excluding ortho intramolecular Hbond substituents is 1. The van der Waals surface area contributed by atoms with Crippen molar-refractivity contribution in [1.82, 2.24) is 10.2 Å². The summed E-state index contributed by atoms with van der Waals surface area (Å²) in [5.41, 5.74) is 6.81. The van der Waals surface area contributed by atoms with Gasteiger partial charge in [-0.05, 0) is 30.5 Å². The number of piperidine rings is 1. The second-order valence-corrected chi connectivity index (χ2v) is 5.50. The number of benzene rings is 1. The number of hydrogen-bond donors (Lipinski definition) is 3. The molecule has 0 saturated carbocycles. The van der Waals surface area contributed by atoms with Crippen LogP contribution in [0.5, 0.6) is 5.75 Å². The monoisotopic (exact) mass is 291 g/mol. The summed E-state index contributed by atoms with van der Waals surface area (Å²) >= 11 is 0. The van der Waals surface area contributed by atoms with Gasteiger partial charge in [-0.15, -0.1) is 0 Å². The van der Waals surface area contributed by atoms with Gasteiger partial charge < -0.3 is 21.1 Å². The van der Waals surface area contributed by atoms with Crippen LogP contribution in [0.15, 0.2) is 24.3 Å². The van der Waals surface area contributed by atoms with Gasteiger partial charge in [0.1, 0.15) is 5.75 Å². The van der Waals surface area contributed by atoms with E-state index in [0.29, 0.717) is 25.8 Å². The molecule has 1 saturated heterocycles. The first-order chi connectivity index (χ1) is 9.95. The lowest BCUT2D eigenvalue weighted by Gasteiger charge is -2.30. The summed E-state index contributed by atoms with van der Waals surface area (Å²) in [5.74, 6) is 0.0800. The third-order valence-corrected chi connectivity index (χ3v) is 3.70. The van der Waals surface area contributed by atoms with Crippen molar-refractivity contribution in [3.8, 4) is 5.75 Å². The minimum Gasteiger partial charge on any atom is -0.508 e. The first-order valence-electron chi connectivity index (χ1n) is 7.03. The molecule has 0 bridgehead atoms. The number of likely N-dealkylation sites (tertiary alicyclic amines) is 1. The van der Waals surface area contributed by atoms with Crippen LogP contribution in [0.4, 0.5) is 0 Å². The number of aromatic hydroxyl groups is 1. The topological polar surface area (TPSA) is 95.7 Å². The average Bonchev–Trinajstić information content (AvgIpc) is 2.45. The SMILES string of the molecule is CN1CC(NC(=O)C(N)Cc2ccc(O)cc2)CCC1=O. The molecule has 1 fully saturated rings. The Labute approximate surface area is 123 Å². The summed E-state index contributed by atoms with van der Waals surface area (Å²) in [6.45, 7) is 0.524. The van der Waals surface area contributed by atoms with E-state index in [2.05, 4.69) is 5.32 Å². The van der Waals surface area contributed by atoms with Gasteiger partial charge in [-0.25, -0.2) is 0 Å². The minimum absolute atomic E-state index is 0.0360. The predicted octanol–water partition coefficient (Wildman–Crippen LogP) is -0.001000. The summed E-state index contributed by atoms with van der Waals surface area (Å²) < 4.78 is 0. The molecule has 0 aromatic heterocycles. The van der Waals surface area contributed by atoms with Crippen molar-refractivity contribution in [2.45, 2.75) is 31.3 Å². The van der Waals surface area contributed by atoms with Crippen molar-refractivity contribution >= 4 is 11.8 Å². The summed E-state index contributed by atoms with van der Waals surface area (Å²) in [6, 6.07) is 5.96. The number of phenols is 1. The zero-order valence-corrected chi connectivity index (χ0v) is 12.1. The highest BCUT2D eigenvalue weighted by Gasteiger charge is 2.25. The highest BCUT2D eigenvalue weighted by molar-refractivity contribution is 5.83. The van der Waals surface area contributed by atoms with Crippen LogP contribution < -0.4 is 11.1 Å². The van der Waals surface area contributed by atoms with Crippen molar-refractivity contribution in [3.05, 3.63) is 29.8 Å². The number of carbonyl (C=O) groups is 2. The number of likely N-dealkylation sites (N-methyl/N-ethyl adjacent to an activating group) is 1. The maximum Gasteiger partial charge on any atom is 0.237 e. The van der Waals surface area contributed by atoms with E-state index in [1.54, 1.807) is 36.2 Å². The Morgan fingerprint density at radius 2 is 2.14 bits per heavy atom. The summed E-state index contributed by atoms with van der Waals surface area (Å²) in [6.07, 6.45) is 1.52. The van der Waals surface area contributed by atoms with Gasteiger partial charge in [0.25, 0.3) is 0 Å². The number of nitrogens with two attached hydrogens (primary N) is 1. The van der Waals surface area contributed by atoms with E-state index in [0.717, 1.165) is 5.56 Å². The van der Waals surface area contributed by atoms with Gasteiger partial charge in [0.05, 0.1) is 6.04 Å². The van der Waals surface area contributed by atoms with Gasteiger partial charge in [-0.3, -0.25) is 9.59 Å². The molecule has 2 unspecified atom stereocenters. The Balaban J connectivity index is 1.85. The van der Waals surface area contributed by atoms with E-state index >= 15 is 0 Å². The lowest BCUT2D eigenvalue weighted by molar-refractivity contribution is -0.134. The first-order valence-corrected chi connectivity index (χ1v) is 7.03. The maximum absolute atomic E-state index is 12.1. The molecule has 0 radical (unpaired) electrons. The average molecular weight is 291 g/mol. The van der Waals surface area contributed by atoms with Gasteiger partial charge in [0, 0.05) is 26.1 Å². The highest BCUT2D eigenvalue weighted by Crippen LogP contribution is 2.12. The summed E-state index contributed by atoms with van der Waals surface area (Å²) in [7, 11) is 1.73. The van der Waals surface area contributed by atoms with Gasteiger partial charge in [0.15, 0.2) is 0 Å². The zero-order valence-electron chi connectivity index (χ0n) is 12.1. The van der Waals surface area contributed by atoms with E-state index in [-0.39, 0.29) is 23.6 Å². The molecule has 4 N–H and O–H groups in total. The van der Waals surface area contributed by atoms with Gasteiger partial charge in [-0.1, -0.05) is 12.1 Å². The quantitative estimate of drug-likeness (QED) is 0.727. The van der Waals surface area contributed by atoms with Crippen molar-refractivity contribution in [2.24, 2.45) is 5.73 Å². The second kappa shape index (κ2) is 6.58. The molecule has 1 aliphatic rings. The van der Waals surface area contributed by atoms with Crippen LogP contribution >= 0.6 is 0 Å². The number of amides is 2. The smallest absolute Gasteiger partial charge is 0.237 e. The number of hydrogen-bond acceptors (Lipinski definition) is 4. The minimum atomic E-state index is -0.641. The van der Waals surface area contributed by atoms with Crippen molar-refractivity contribution in [2.75, 3.05) is 13.6 Å². The van der Waals surface area contributed by atoms with E-state index in [4.69, 9.17) is 5.73 Å². The largest absolute Gasteiger partial charge is 0.508 e. The molecule has 1 aromatic carbocycles. The van der Waals surface area contributed by atoms with Crippen LogP contribution in [-0.2, 0) is 16.0 Å². The predicted molar refractivity (Wildman–Crippen MR) is 78.6 cm³/mol. The van der Waals surface area contributed by atoms with Crippen molar-refractivity contribution in [1.29, 1.82) is 0 Å². The molecule has 114 valence electrons. The second-order valence-electron chi connectivity index (χ2n) is 5.50. The molecule has 2 amide bonds. The fraction of sp³-hybridized carbons (Fsp3) is 0.467. The molecule has 1 heterocycles. The van der Waals surface area contributed by atoms with Crippen LogP contribution in [0.2, 0.25) is 0 Å². The molecule has 6 heteroatoms. The Hall–Kier alpha value is -2.08. The summed E-state index contributed by atoms with van der Waals surface area (Å²) in [4.78, 5) is 25.1. The number of nitrogens with zero attached hydrogens (tertiary/aromatic N) is 1. The van der Waals surface area contributed by atoms with Gasteiger partial charge >= 0.3 is 0 Å². The van der Waals surface area contributed by atoms with Crippen molar-refractivity contribution < 1.29 is 14.7 Å². The fourth-order valence-corrected chi connectivity index (χ4v) is 2.42. The maximum atomic E-state index is 12.1. The zero-order chi connectivity index (χ0) is 15.4. The molecule has 1 aromatic rings. The molecule has 21 heavy (non-hydrogen) atoms. The molecule has 6 nitrogen and oxygen atoms in total. The van der Waals surface area contributed by atoms with Crippen LogP contribution in [0.3, 0.4) is 0 Å². The number of nitrogens with one attached hydrogen (secondary N) is 1. The summed E-state index contributed by atoms with van der Waals surface area (Å²) in [5, 5.41) is 12.1. The number of carbonyl (C=O) groups excluding carboxylic acids is 2. The molecular formula is C15H21N3O3. The van der Waals surface area contributed by atoms with E-state index in [9.17, 15) is 14.7 Å². The Bertz CT molecular complexity index is 515. The fourth-order valence-electron chi connectivity index (χ4n) is 2.42. The van der Waals surface area contributed by atoms with Crippen LogP contribution in [0.25, 0.3) is 0 Å².